The van der Waals surface area contributed by atoms with Crippen LogP contribution < -0.4 is 5.32 Å². The predicted molar refractivity (Wildman–Crippen MR) is 88.9 cm³/mol. The van der Waals surface area contributed by atoms with E-state index in [1.807, 2.05) is 44.2 Å². The lowest BCUT2D eigenvalue weighted by Gasteiger charge is -2.03. The van der Waals surface area contributed by atoms with Crippen molar-refractivity contribution < 1.29 is 4.79 Å². The molecule has 3 nitrogen and oxygen atoms in total. The molecule has 1 aromatic heterocycles. The van der Waals surface area contributed by atoms with E-state index in [9.17, 15) is 4.79 Å². The van der Waals surface area contributed by atoms with Crippen LogP contribution in [0.15, 0.2) is 35.2 Å². The molecule has 0 bridgehead atoms. The van der Waals surface area contributed by atoms with Crippen LogP contribution in [0.5, 0.6) is 0 Å². The van der Waals surface area contributed by atoms with Gasteiger partial charge in [-0.05, 0) is 31.5 Å². The summed E-state index contributed by atoms with van der Waals surface area (Å²) in [5.41, 5.74) is 1.54. The first-order valence-corrected chi connectivity index (χ1v) is 8.40. The SMILES string of the molecule is Cc1sc(NC(=O)CCSc2ccccc2)c(C#N)c1C. The molecule has 5 heteroatoms. The summed E-state index contributed by atoms with van der Waals surface area (Å²) in [6, 6.07) is 12.2. The number of nitrogens with zero attached hydrogens (tertiary/aromatic N) is 1. The highest BCUT2D eigenvalue weighted by Gasteiger charge is 2.14. The van der Waals surface area contributed by atoms with Gasteiger partial charge in [0.2, 0.25) is 5.91 Å². The van der Waals surface area contributed by atoms with Gasteiger partial charge < -0.3 is 5.32 Å². The zero-order valence-electron chi connectivity index (χ0n) is 12.0. The Labute approximate surface area is 133 Å². The molecule has 108 valence electrons. The number of carbonyl (C=O) groups excluding carboxylic acids is 1. The third-order valence-corrected chi connectivity index (χ3v) is 5.23. The Morgan fingerprint density at radius 3 is 2.71 bits per heavy atom. The third kappa shape index (κ3) is 4.10. The minimum Gasteiger partial charge on any atom is -0.317 e. The Kier molecular flexibility index (Phi) is 5.43. The fourth-order valence-electron chi connectivity index (χ4n) is 1.82. The molecule has 0 saturated heterocycles. The number of thioether (sulfide) groups is 1. The van der Waals surface area contributed by atoms with Gasteiger partial charge in [-0.1, -0.05) is 18.2 Å². The molecular weight excluding hydrogens is 300 g/mol. The molecule has 0 aliphatic heterocycles. The highest BCUT2D eigenvalue weighted by Crippen LogP contribution is 2.31. The molecule has 0 unspecified atom stereocenters. The Bertz CT molecular complexity index is 672. The lowest BCUT2D eigenvalue weighted by atomic mass is 10.2. The number of amides is 1. The zero-order valence-corrected chi connectivity index (χ0v) is 13.6. The molecule has 1 aromatic carbocycles. The second-order valence-electron chi connectivity index (χ2n) is 4.56. The highest BCUT2D eigenvalue weighted by atomic mass is 32.2. The Morgan fingerprint density at radius 2 is 2.05 bits per heavy atom. The quantitative estimate of drug-likeness (QED) is 0.834. The summed E-state index contributed by atoms with van der Waals surface area (Å²) in [7, 11) is 0. The van der Waals surface area contributed by atoms with Crippen molar-refractivity contribution in [1.29, 1.82) is 5.26 Å². The topological polar surface area (TPSA) is 52.9 Å². The predicted octanol–water partition coefficient (Wildman–Crippen LogP) is 4.36. The van der Waals surface area contributed by atoms with Crippen LogP contribution in [0.4, 0.5) is 5.00 Å². The zero-order chi connectivity index (χ0) is 15.2. The molecule has 0 saturated carbocycles. The number of hydrogen-bond donors (Lipinski definition) is 1. The second-order valence-corrected chi connectivity index (χ2v) is 6.95. The van der Waals surface area contributed by atoms with Crippen LogP contribution in [0.2, 0.25) is 0 Å². The molecule has 0 atom stereocenters. The first kappa shape index (κ1) is 15.6. The number of thiophene rings is 1. The fraction of sp³-hybridized carbons (Fsp3) is 0.250. The fourth-order valence-corrected chi connectivity index (χ4v) is 3.72. The minimum absolute atomic E-state index is 0.0452. The van der Waals surface area contributed by atoms with Crippen molar-refractivity contribution in [2.45, 2.75) is 25.2 Å². The van der Waals surface area contributed by atoms with Crippen molar-refractivity contribution in [2.75, 3.05) is 11.1 Å². The first-order valence-electron chi connectivity index (χ1n) is 6.59. The number of rotatable bonds is 5. The molecule has 21 heavy (non-hydrogen) atoms. The van der Waals surface area contributed by atoms with E-state index < -0.39 is 0 Å². The van der Waals surface area contributed by atoms with Gasteiger partial charge in [-0.15, -0.1) is 23.1 Å². The van der Waals surface area contributed by atoms with Crippen LogP contribution in [0.3, 0.4) is 0 Å². The summed E-state index contributed by atoms with van der Waals surface area (Å²) in [4.78, 5) is 14.2. The molecular formula is C16H16N2OS2. The van der Waals surface area contributed by atoms with Gasteiger partial charge in [-0.2, -0.15) is 5.26 Å². The smallest absolute Gasteiger partial charge is 0.225 e. The summed E-state index contributed by atoms with van der Waals surface area (Å²) in [6.45, 7) is 3.87. The van der Waals surface area contributed by atoms with E-state index >= 15 is 0 Å². The number of hydrogen-bond acceptors (Lipinski definition) is 4. The van der Waals surface area contributed by atoms with Crippen LogP contribution in [-0.4, -0.2) is 11.7 Å². The van der Waals surface area contributed by atoms with Crippen molar-refractivity contribution >= 4 is 34.0 Å². The monoisotopic (exact) mass is 316 g/mol. The number of aryl methyl sites for hydroxylation is 1. The van der Waals surface area contributed by atoms with Crippen LogP contribution in [0, 0.1) is 25.2 Å². The maximum atomic E-state index is 12.0. The van der Waals surface area contributed by atoms with Crippen molar-refractivity contribution in [3.05, 3.63) is 46.3 Å². The van der Waals surface area contributed by atoms with Crippen LogP contribution in [0.1, 0.15) is 22.4 Å². The standard InChI is InChI=1S/C16H16N2OS2/c1-11-12(2)21-16(14(11)10-17)18-15(19)8-9-20-13-6-4-3-5-7-13/h3-7H,8-9H2,1-2H3,(H,18,19). The van der Waals surface area contributed by atoms with E-state index in [0.717, 1.165) is 21.1 Å². The van der Waals surface area contributed by atoms with E-state index in [1.54, 1.807) is 11.8 Å². The molecule has 1 heterocycles. The molecule has 2 aromatic rings. The van der Waals surface area contributed by atoms with Crippen LogP contribution >= 0.6 is 23.1 Å². The molecule has 0 radical (unpaired) electrons. The van der Waals surface area contributed by atoms with E-state index in [-0.39, 0.29) is 5.91 Å². The van der Waals surface area contributed by atoms with Crippen molar-refractivity contribution in [3.63, 3.8) is 0 Å². The second kappa shape index (κ2) is 7.30. The normalized spacial score (nSPS) is 10.1. The lowest BCUT2D eigenvalue weighted by molar-refractivity contribution is -0.115. The van der Waals surface area contributed by atoms with E-state index in [2.05, 4.69) is 11.4 Å². The lowest BCUT2D eigenvalue weighted by Crippen LogP contribution is -2.12. The maximum Gasteiger partial charge on any atom is 0.225 e. The first-order chi connectivity index (χ1) is 10.1. The summed E-state index contributed by atoms with van der Waals surface area (Å²) in [5.74, 6) is 0.678. The summed E-state index contributed by atoms with van der Waals surface area (Å²) in [5, 5.41) is 12.7. The molecule has 0 fully saturated rings. The molecule has 1 amide bonds. The van der Waals surface area contributed by atoms with E-state index in [1.165, 1.54) is 11.3 Å². The van der Waals surface area contributed by atoms with Crippen LogP contribution in [-0.2, 0) is 4.79 Å². The number of nitrogens with one attached hydrogen (secondary N) is 1. The third-order valence-electron chi connectivity index (χ3n) is 3.09. The van der Waals surface area contributed by atoms with Gasteiger partial charge in [-0.25, -0.2) is 0 Å². The Morgan fingerprint density at radius 1 is 1.33 bits per heavy atom. The van der Waals surface area contributed by atoms with Crippen molar-refractivity contribution in [1.82, 2.24) is 0 Å². The van der Waals surface area contributed by atoms with E-state index in [0.29, 0.717) is 17.0 Å². The van der Waals surface area contributed by atoms with Gasteiger partial charge in [0.05, 0.1) is 5.56 Å². The van der Waals surface area contributed by atoms with Gasteiger partial charge in [0.15, 0.2) is 0 Å². The minimum atomic E-state index is -0.0452. The maximum absolute atomic E-state index is 12.0. The number of benzene rings is 1. The molecule has 2 rings (SSSR count). The largest absolute Gasteiger partial charge is 0.317 e. The van der Waals surface area contributed by atoms with Gasteiger partial charge in [-0.3, -0.25) is 4.79 Å². The number of nitriles is 1. The van der Waals surface area contributed by atoms with E-state index in [4.69, 9.17) is 5.26 Å². The van der Waals surface area contributed by atoms with Gasteiger partial charge in [0.25, 0.3) is 0 Å². The average molecular weight is 316 g/mol. The summed E-state index contributed by atoms with van der Waals surface area (Å²) >= 11 is 3.12. The summed E-state index contributed by atoms with van der Waals surface area (Å²) in [6.07, 6.45) is 0.431. The highest BCUT2D eigenvalue weighted by molar-refractivity contribution is 7.99. The summed E-state index contributed by atoms with van der Waals surface area (Å²) < 4.78 is 0. The van der Waals surface area contributed by atoms with Gasteiger partial charge >= 0.3 is 0 Å². The number of carbonyl (C=O) groups is 1. The van der Waals surface area contributed by atoms with Gasteiger partial charge in [0, 0.05) is 21.9 Å². The molecule has 0 aliphatic carbocycles. The molecule has 0 aliphatic rings. The average Bonchev–Trinajstić information content (AvgIpc) is 2.74. The Hall–Kier alpha value is -1.77. The number of anilines is 1. The van der Waals surface area contributed by atoms with Crippen LogP contribution in [0.25, 0.3) is 0 Å². The molecule has 0 spiro atoms. The molecule has 1 N–H and O–H groups in total. The van der Waals surface area contributed by atoms with Crippen molar-refractivity contribution in [3.8, 4) is 6.07 Å². The van der Waals surface area contributed by atoms with Gasteiger partial charge in [0.1, 0.15) is 11.1 Å². The Balaban J connectivity index is 1.88. The van der Waals surface area contributed by atoms with Crippen molar-refractivity contribution in [2.24, 2.45) is 0 Å².